The van der Waals surface area contributed by atoms with Gasteiger partial charge in [-0.15, -0.1) is 11.3 Å². The molecule has 0 unspecified atom stereocenters. The monoisotopic (exact) mass is 210 g/mol. The van der Waals surface area contributed by atoms with Crippen LogP contribution in [0, 0.1) is 0 Å². The smallest absolute Gasteiger partial charge is 0.273 e. The Morgan fingerprint density at radius 2 is 2.50 bits per heavy atom. The summed E-state index contributed by atoms with van der Waals surface area (Å²) in [6.45, 7) is 2.76. The van der Waals surface area contributed by atoms with Gasteiger partial charge in [0.2, 0.25) is 0 Å². The maximum Gasteiger partial charge on any atom is 0.273 e. The lowest BCUT2D eigenvalue weighted by atomic mass is 10.5. The molecule has 0 saturated carbocycles. The highest BCUT2D eigenvalue weighted by Gasteiger charge is 2.03. The maximum atomic E-state index is 11.7. The first kappa shape index (κ1) is 9.36. The number of nitrogens with zero attached hydrogens (tertiary/aromatic N) is 2. The summed E-state index contributed by atoms with van der Waals surface area (Å²) in [4.78, 5) is 15.9. The topological polar surface area (TPSA) is 44.1 Å². The lowest BCUT2D eigenvalue weighted by Crippen LogP contribution is -2.20. The Balaban J connectivity index is 2.46. The van der Waals surface area contributed by atoms with E-state index in [1.54, 1.807) is 0 Å². The van der Waals surface area contributed by atoms with E-state index in [1.807, 2.05) is 18.4 Å². The SMILES string of the molecule is CCOCn1cnc2ccsc2c1=O. The average molecular weight is 210 g/mol. The number of ether oxygens (including phenoxy) is 1. The molecule has 0 spiro atoms. The van der Waals surface area contributed by atoms with Crippen LogP contribution in [0.25, 0.3) is 10.2 Å². The fourth-order valence-electron chi connectivity index (χ4n) is 1.16. The van der Waals surface area contributed by atoms with Gasteiger partial charge in [0.25, 0.3) is 5.56 Å². The highest BCUT2D eigenvalue weighted by atomic mass is 32.1. The summed E-state index contributed by atoms with van der Waals surface area (Å²) >= 11 is 1.41. The van der Waals surface area contributed by atoms with Crippen molar-refractivity contribution in [3.05, 3.63) is 28.1 Å². The molecule has 0 aromatic carbocycles. The molecular weight excluding hydrogens is 200 g/mol. The fraction of sp³-hybridized carbons (Fsp3) is 0.333. The van der Waals surface area contributed by atoms with Crippen LogP contribution >= 0.6 is 11.3 Å². The van der Waals surface area contributed by atoms with Crippen molar-refractivity contribution in [1.29, 1.82) is 0 Å². The summed E-state index contributed by atoms with van der Waals surface area (Å²) < 4.78 is 7.32. The second-order valence-electron chi connectivity index (χ2n) is 2.78. The zero-order valence-corrected chi connectivity index (χ0v) is 8.58. The molecule has 5 heteroatoms. The van der Waals surface area contributed by atoms with Crippen molar-refractivity contribution in [2.24, 2.45) is 0 Å². The third-order valence-corrected chi connectivity index (χ3v) is 2.76. The van der Waals surface area contributed by atoms with E-state index in [4.69, 9.17) is 4.74 Å². The van der Waals surface area contributed by atoms with Crippen molar-refractivity contribution in [2.45, 2.75) is 13.7 Å². The van der Waals surface area contributed by atoms with Crippen molar-refractivity contribution in [2.75, 3.05) is 6.61 Å². The maximum absolute atomic E-state index is 11.7. The lowest BCUT2D eigenvalue weighted by Gasteiger charge is -2.03. The van der Waals surface area contributed by atoms with Gasteiger partial charge < -0.3 is 4.74 Å². The number of hydrogen-bond acceptors (Lipinski definition) is 4. The second kappa shape index (κ2) is 3.89. The van der Waals surface area contributed by atoms with E-state index >= 15 is 0 Å². The standard InChI is InChI=1S/C9H10N2O2S/c1-2-13-6-11-5-10-7-3-4-14-8(7)9(11)12/h3-5H,2,6H2,1H3. The number of fused-ring (bicyclic) bond motifs is 1. The zero-order valence-electron chi connectivity index (χ0n) is 7.77. The molecule has 2 rings (SSSR count). The third-order valence-electron chi connectivity index (χ3n) is 1.87. The van der Waals surface area contributed by atoms with Crippen LogP contribution in [0.2, 0.25) is 0 Å². The van der Waals surface area contributed by atoms with Crippen molar-refractivity contribution in [3.63, 3.8) is 0 Å². The minimum absolute atomic E-state index is 0.0292. The first-order valence-electron chi connectivity index (χ1n) is 4.33. The summed E-state index contributed by atoms with van der Waals surface area (Å²) in [6, 6.07) is 1.84. The van der Waals surface area contributed by atoms with Crippen molar-refractivity contribution < 1.29 is 4.74 Å². The van der Waals surface area contributed by atoms with Gasteiger partial charge in [-0.3, -0.25) is 9.36 Å². The van der Waals surface area contributed by atoms with Gasteiger partial charge in [-0.1, -0.05) is 0 Å². The second-order valence-corrected chi connectivity index (χ2v) is 3.69. The van der Waals surface area contributed by atoms with Gasteiger partial charge in [0.15, 0.2) is 0 Å². The summed E-state index contributed by atoms with van der Waals surface area (Å²) in [5, 5.41) is 1.87. The average Bonchev–Trinajstić information content (AvgIpc) is 2.66. The zero-order chi connectivity index (χ0) is 9.97. The number of thiophene rings is 1. The predicted molar refractivity (Wildman–Crippen MR) is 55.5 cm³/mol. The van der Waals surface area contributed by atoms with E-state index in [-0.39, 0.29) is 12.3 Å². The highest BCUT2D eigenvalue weighted by molar-refractivity contribution is 7.17. The van der Waals surface area contributed by atoms with Crippen LogP contribution in [0.1, 0.15) is 6.92 Å². The van der Waals surface area contributed by atoms with E-state index < -0.39 is 0 Å². The molecule has 14 heavy (non-hydrogen) atoms. The Labute approximate surface area is 84.8 Å². The summed E-state index contributed by atoms with van der Waals surface area (Å²) in [6.07, 6.45) is 1.52. The first-order valence-corrected chi connectivity index (χ1v) is 5.21. The molecular formula is C9H10N2O2S. The molecule has 0 radical (unpaired) electrons. The molecule has 0 N–H and O–H groups in total. The number of hydrogen-bond donors (Lipinski definition) is 0. The molecule has 2 aromatic rings. The Morgan fingerprint density at radius 3 is 3.29 bits per heavy atom. The van der Waals surface area contributed by atoms with E-state index in [2.05, 4.69) is 4.98 Å². The molecule has 0 aliphatic heterocycles. The van der Waals surface area contributed by atoms with Gasteiger partial charge in [0.05, 0.1) is 5.52 Å². The summed E-state index contributed by atoms with van der Waals surface area (Å²) in [5.41, 5.74) is 0.728. The van der Waals surface area contributed by atoms with Crippen molar-refractivity contribution in [3.8, 4) is 0 Å². The number of aromatic nitrogens is 2. The van der Waals surface area contributed by atoms with Crippen molar-refractivity contribution >= 4 is 21.6 Å². The quantitative estimate of drug-likeness (QED) is 0.770. The molecule has 0 amide bonds. The van der Waals surface area contributed by atoms with Gasteiger partial charge in [-0.2, -0.15) is 0 Å². The van der Waals surface area contributed by atoms with Crippen LogP contribution < -0.4 is 5.56 Å². The van der Waals surface area contributed by atoms with Gasteiger partial charge in [0.1, 0.15) is 17.8 Å². The molecule has 0 fully saturated rings. The molecule has 74 valence electrons. The van der Waals surface area contributed by atoms with Crippen LogP contribution in [0.4, 0.5) is 0 Å². The van der Waals surface area contributed by atoms with Gasteiger partial charge in [-0.05, 0) is 18.4 Å². The van der Waals surface area contributed by atoms with E-state index in [0.29, 0.717) is 11.3 Å². The number of rotatable bonds is 3. The molecule has 4 nitrogen and oxygen atoms in total. The minimum Gasteiger partial charge on any atom is -0.361 e. The van der Waals surface area contributed by atoms with E-state index in [9.17, 15) is 4.79 Å². The lowest BCUT2D eigenvalue weighted by molar-refractivity contribution is 0.0851. The molecule has 2 aromatic heterocycles. The van der Waals surface area contributed by atoms with E-state index in [0.717, 1.165) is 5.52 Å². The van der Waals surface area contributed by atoms with Gasteiger partial charge in [-0.25, -0.2) is 4.98 Å². The van der Waals surface area contributed by atoms with Crippen LogP contribution in [-0.4, -0.2) is 16.2 Å². The largest absolute Gasteiger partial charge is 0.361 e. The van der Waals surface area contributed by atoms with E-state index in [1.165, 1.54) is 22.2 Å². The molecule has 0 atom stereocenters. The Kier molecular flexibility index (Phi) is 2.60. The molecule has 0 aliphatic rings. The van der Waals surface area contributed by atoms with Crippen LogP contribution in [0.5, 0.6) is 0 Å². The molecule has 0 saturated heterocycles. The van der Waals surface area contributed by atoms with Gasteiger partial charge in [0, 0.05) is 6.61 Å². The molecule has 2 heterocycles. The highest BCUT2D eigenvalue weighted by Crippen LogP contribution is 2.12. The van der Waals surface area contributed by atoms with Crippen molar-refractivity contribution in [1.82, 2.24) is 9.55 Å². The van der Waals surface area contributed by atoms with Crippen LogP contribution in [-0.2, 0) is 11.5 Å². The normalized spacial score (nSPS) is 10.9. The molecule has 0 bridgehead atoms. The predicted octanol–water partition coefficient (Wildman–Crippen LogP) is 1.45. The minimum atomic E-state index is -0.0292. The summed E-state index contributed by atoms with van der Waals surface area (Å²) in [7, 11) is 0. The Hall–Kier alpha value is -1.20. The Morgan fingerprint density at radius 1 is 1.64 bits per heavy atom. The third kappa shape index (κ3) is 1.56. The van der Waals surface area contributed by atoms with Gasteiger partial charge >= 0.3 is 0 Å². The van der Waals surface area contributed by atoms with Crippen LogP contribution in [0.15, 0.2) is 22.6 Å². The molecule has 0 aliphatic carbocycles. The van der Waals surface area contributed by atoms with Crippen LogP contribution in [0.3, 0.4) is 0 Å². The first-order chi connectivity index (χ1) is 6.83. The Bertz CT molecular complexity index is 489. The summed E-state index contributed by atoms with van der Waals surface area (Å²) in [5.74, 6) is 0. The fourth-order valence-corrected chi connectivity index (χ4v) is 1.95.